The standard InChI is InChI=1S/C29H40ClN3O2/c1-18-8-11-29(17-35-3)19(12-18)4-5-21-22-6-7-24(28(22,2)10-9-23(21)29)27(34)16-33-15-26-25(32-33)13-20(30)14-31-26/h13-15,18-19,21-24H,4-12,16-17H2,1-3H3. The van der Waals surface area contributed by atoms with Crippen molar-refractivity contribution < 1.29 is 9.53 Å². The minimum atomic E-state index is 0.120. The SMILES string of the molecule is COCC12CCC(C)CC1CCC1C3CCC(C(=O)Cn4cc5ncc(Cl)cc5n4)C3(C)CCC12. The molecule has 8 unspecified atom stereocenters. The molecule has 0 saturated heterocycles. The molecule has 2 aromatic rings. The number of nitrogens with zero attached hydrogens (tertiary/aromatic N) is 3. The van der Waals surface area contributed by atoms with Gasteiger partial charge in [-0.3, -0.25) is 14.5 Å². The number of hydrogen-bond acceptors (Lipinski definition) is 4. The van der Waals surface area contributed by atoms with Gasteiger partial charge in [0.1, 0.15) is 11.0 Å². The second-order valence-electron chi connectivity index (χ2n) is 12.7. The third-order valence-electron chi connectivity index (χ3n) is 11.1. The van der Waals surface area contributed by atoms with Crippen molar-refractivity contribution >= 4 is 28.4 Å². The molecule has 0 radical (unpaired) electrons. The molecular formula is C29H40ClN3O2. The van der Waals surface area contributed by atoms with Gasteiger partial charge >= 0.3 is 0 Å². The number of ether oxygens (including phenoxy) is 1. The lowest BCUT2D eigenvalue weighted by Gasteiger charge is -2.61. The number of Topliss-reactive ketones (excluding diaryl/α,β-unsaturated/α-hetero) is 1. The third-order valence-corrected chi connectivity index (χ3v) is 11.3. The summed E-state index contributed by atoms with van der Waals surface area (Å²) in [5, 5.41) is 5.17. The molecule has 4 fully saturated rings. The van der Waals surface area contributed by atoms with Crippen molar-refractivity contribution in [3.8, 4) is 0 Å². The first-order valence-electron chi connectivity index (χ1n) is 13.8. The molecule has 8 atom stereocenters. The van der Waals surface area contributed by atoms with E-state index in [9.17, 15) is 4.79 Å². The van der Waals surface area contributed by atoms with Crippen LogP contribution in [0.15, 0.2) is 18.5 Å². The highest BCUT2D eigenvalue weighted by Crippen LogP contribution is 2.68. The zero-order valence-electron chi connectivity index (χ0n) is 21.5. The molecule has 4 saturated carbocycles. The number of carbonyl (C=O) groups is 1. The lowest BCUT2D eigenvalue weighted by atomic mass is 9.44. The van der Waals surface area contributed by atoms with Crippen LogP contribution in [0.2, 0.25) is 5.02 Å². The Morgan fingerprint density at radius 1 is 1.14 bits per heavy atom. The highest BCUT2D eigenvalue weighted by molar-refractivity contribution is 6.31. The van der Waals surface area contributed by atoms with Gasteiger partial charge in [-0.05, 0) is 97.9 Å². The van der Waals surface area contributed by atoms with Crippen LogP contribution >= 0.6 is 11.6 Å². The Morgan fingerprint density at radius 3 is 2.83 bits per heavy atom. The van der Waals surface area contributed by atoms with Crippen molar-refractivity contribution in [2.75, 3.05) is 13.7 Å². The van der Waals surface area contributed by atoms with Gasteiger partial charge in [0.15, 0.2) is 5.78 Å². The smallest absolute Gasteiger partial charge is 0.157 e. The van der Waals surface area contributed by atoms with Gasteiger partial charge in [0, 0.05) is 19.2 Å². The highest BCUT2D eigenvalue weighted by Gasteiger charge is 2.62. The van der Waals surface area contributed by atoms with Crippen molar-refractivity contribution in [1.82, 2.24) is 14.8 Å². The van der Waals surface area contributed by atoms with E-state index in [2.05, 4.69) is 23.9 Å². The molecule has 0 aliphatic heterocycles. The van der Waals surface area contributed by atoms with Gasteiger partial charge < -0.3 is 4.74 Å². The minimum Gasteiger partial charge on any atom is -0.384 e. The van der Waals surface area contributed by atoms with E-state index in [1.165, 1.54) is 51.4 Å². The van der Waals surface area contributed by atoms with Gasteiger partial charge in [-0.1, -0.05) is 31.9 Å². The van der Waals surface area contributed by atoms with Crippen LogP contribution in [0.3, 0.4) is 0 Å². The molecule has 0 amide bonds. The van der Waals surface area contributed by atoms with E-state index in [1.807, 2.05) is 19.4 Å². The fourth-order valence-corrected chi connectivity index (χ4v) is 9.77. The van der Waals surface area contributed by atoms with Crippen molar-refractivity contribution in [2.45, 2.75) is 78.2 Å². The Balaban J connectivity index is 1.22. The average Bonchev–Trinajstić information content (AvgIpc) is 3.38. The molecular weight excluding hydrogens is 458 g/mol. The van der Waals surface area contributed by atoms with E-state index in [1.54, 1.807) is 10.9 Å². The molecule has 4 aliphatic rings. The number of methoxy groups -OCH3 is 1. The van der Waals surface area contributed by atoms with E-state index >= 15 is 0 Å². The normalized spacial score (nSPS) is 40.8. The van der Waals surface area contributed by atoms with Gasteiger partial charge in [-0.15, -0.1) is 0 Å². The van der Waals surface area contributed by atoms with Crippen molar-refractivity contribution in [2.24, 2.45) is 46.3 Å². The first-order valence-corrected chi connectivity index (χ1v) is 14.2. The maximum Gasteiger partial charge on any atom is 0.157 e. The first kappa shape index (κ1) is 23.9. The molecule has 0 aromatic carbocycles. The van der Waals surface area contributed by atoms with Crippen LogP contribution in [-0.2, 0) is 16.1 Å². The molecule has 5 nitrogen and oxygen atoms in total. The quantitative estimate of drug-likeness (QED) is 0.468. The third kappa shape index (κ3) is 3.79. The zero-order valence-corrected chi connectivity index (χ0v) is 22.3. The number of ketones is 1. The lowest BCUT2D eigenvalue weighted by Crippen LogP contribution is -2.56. The summed E-state index contributed by atoms with van der Waals surface area (Å²) in [4.78, 5) is 18.0. The molecule has 0 N–H and O–H groups in total. The Bertz CT molecular complexity index is 1120. The largest absolute Gasteiger partial charge is 0.384 e. The molecule has 0 spiro atoms. The van der Waals surface area contributed by atoms with E-state index in [4.69, 9.17) is 16.3 Å². The molecule has 0 bridgehead atoms. The molecule has 190 valence electrons. The van der Waals surface area contributed by atoms with Crippen LogP contribution in [-0.4, -0.2) is 34.3 Å². The Labute approximate surface area is 214 Å². The molecule has 2 aromatic heterocycles. The van der Waals surface area contributed by atoms with Crippen LogP contribution in [0.1, 0.15) is 71.6 Å². The van der Waals surface area contributed by atoms with E-state index in [0.717, 1.165) is 47.7 Å². The van der Waals surface area contributed by atoms with Crippen LogP contribution in [0.4, 0.5) is 0 Å². The highest BCUT2D eigenvalue weighted by atomic mass is 35.5. The van der Waals surface area contributed by atoms with Crippen LogP contribution in [0.5, 0.6) is 0 Å². The maximum absolute atomic E-state index is 13.7. The molecule has 2 heterocycles. The number of rotatable bonds is 5. The van der Waals surface area contributed by atoms with E-state index < -0.39 is 0 Å². The summed E-state index contributed by atoms with van der Waals surface area (Å²) in [7, 11) is 1.91. The maximum atomic E-state index is 13.7. The van der Waals surface area contributed by atoms with Gasteiger partial charge in [0.25, 0.3) is 0 Å². The summed E-state index contributed by atoms with van der Waals surface area (Å²) in [6, 6.07) is 1.82. The molecule has 4 aliphatic carbocycles. The number of aromatic nitrogens is 3. The molecule has 35 heavy (non-hydrogen) atoms. The van der Waals surface area contributed by atoms with Crippen LogP contribution in [0, 0.1) is 46.3 Å². The van der Waals surface area contributed by atoms with E-state index in [0.29, 0.717) is 28.7 Å². The summed E-state index contributed by atoms with van der Waals surface area (Å²) >= 11 is 6.08. The Kier molecular flexibility index (Phi) is 6.03. The summed E-state index contributed by atoms with van der Waals surface area (Å²) in [5.74, 6) is 4.36. The second-order valence-corrected chi connectivity index (χ2v) is 13.2. The predicted octanol–water partition coefficient (Wildman–Crippen LogP) is 6.58. The van der Waals surface area contributed by atoms with Gasteiger partial charge in [0.2, 0.25) is 0 Å². The van der Waals surface area contributed by atoms with Gasteiger partial charge in [-0.25, -0.2) is 0 Å². The summed E-state index contributed by atoms with van der Waals surface area (Å²) in [5.41, 5.74) is 2.04. The number of pyridine rings is 1. The summed E-state index contributed by atoms with van der Waals surface area (Å²) in [6.45, 7) is 6.16. The number of fused-ring (bicyclic) bond motifs is 6. The topological polar surface area (TPSA) is 57.0 Å². The number of halogens is 1. The van der Waals surface area contributed by atoms with Crippen LogP contribution < -0.4 is 0 Å². The molecule has 6 rings (SSSR count). The van der Waals surface area contributed by atoms with Crippen molar-refractivity contribution in [3.05, 3.63) is 23.5 Å². The van der Waals surface area contributed by atoms with Crippen molar-refractivity contribution in [3.63, 3.8) is 0 Å². The Hall–Kier alpha value is -1.46. The minimum absolute atomic E-state index is 0.120. The van der Waals surface area contributed by atoms with E-state index in [-0.39, 0.29) is 11.3 Å². The monoisotopic (exact) mass is 497 g/mol. The fraction of sp³-hybridized carbons (Fsp3) is 0.759. The predicted molar refractivity (Wildman–Crippen MR) is 138 cm³/mol. The van der Waals surface area contributed by atoms with Crippen LogP contribution in [0.25, 0.3) is 11.0 Å². The first-order chi connectivity index (χ1) is 16.8. The Morgan fingerprint density at radius 2 is 2.00 bits per heavy atom. The van der Waals surface area contributed by atoms with Gasteiger partial charge in [-0.2, -0.15) is 5.10 Å². The average molecular weight is 498 g/mol. The molecule has 6 heteroatoms. The van der Waals surface area contributed by atoms with Crippen molar-refractivity contribution in [1.29, 1.82) is 0 Å². The summed E-state index contributed by atoms with van der Waals surface area (Å²) < 4.78 is 7.72. The zero-order chi connectivity index (χ0) is 24.4. The number of carbonyl (C=O) groups excluding carboxylic acids is 1. The summed E-state index contributed by atoms with van der Waals surface area (Å²) in [6.07, 6.45) is 15.0. The second kappa shape index (κ2) is 8.83. The number of hydrogen-bond donors (Lipinski definition) is 0. The fourth-order valence-electron chi connectivity index (χ4n) is 9.62. The van der Waals surface area contributed by atoms with Gasteiger partial charge in [0.05, 0.1) is 24.4 Å². The lowest BCUT2D eigenvalue weighted by molar-refractivity contribution is -0.154.